The molecule has 26 heavy (non-hydrogen) atoms. The number of ether oxygens (including phenoxy) is 1. The first-order valence-electron chi connectivity index (χ1n) is 8.81. The number of hydrogen-bond acceptors (Lipinski definition) is 5. The minimum atomic E-state index is -0.906. The van der Waals surface area contributed by atoms with Gasteiger partial charge in [-0.1, -0.05) is 36.9 Å². The molecule has 1 heterocycles. The third-order valence-electron chi connectivity index (χ3n) is 4.10. The van der Waals surface area contributed by atoms with Gasteiger partial charge in [0.15, 0.2) is 5.17 Å². The Kier molecular flexibility index (Phi) is 6.69. The van der Waals surface area contributed by atoms with E-state index in [1.165, 1.54) is 17.8 Å². The topological polar surface area (TPSA) is 70.9 Å². The lowest BCUT2D eigenvalue weighted by atomic mass is 9.81. The Morgan fingerprint density at radius 3 is 2.77 bits per heavy atom. The van der Waals surface area contributed by atoms with Gasteiger partial charge < -0.3 is 9.84 Å². The molecule has 0 bridgehead atoms. The molecule has 2 rings (SSSR count). The Balaban J connectivity index is 2.35. The number of nitrogens with zero attached hydrogens (tertiary/aromatic N) is 1. The summed E-state index contributed by atoms with van der Waals surface area (Å²) in [7, 11) is 0. The molecule has 1 aliphatic heterocycles. The van der Waals surface area contributed by atoms with Crippen LogP contribution in [0.25, 0.3) is 0 Å². The molecule has 1 amide bonds. The number of hydrogen-bond donors (Lipinski definition) is 2. The first-order valence-corrected chi connectivity index (χ1v) is 9.79. The Morgan fingerprint density at radius 2 is 2.15 bits per heavy atom. The van der Waals surface area contributed by atoms with Gasteiger partial charge in [0.1, 0.15) is 11.4 Å². The van der Waals surface area contributed by atoms with Gasteiger partial charge in [-0.3, -0.25) is 10.3 Å². The van der Waals surface area contributed by atoms with E-state index in [0.29, 0.717) is 35.7 Å². The number of carbonyl (C=O) groups excluding carboxylic acids is 1. The van der Waals surface area contributed by atoms with Gasteiger partial charge in [-0.2, -0.15) is 0 Å². The van der Waals surface area contributed by atoms with Crippen molar-refractivity contribution in [1.82, 2.24) is 5.32 Å². The number of amides is 1. The molecule has 0 aromatic heterocycles. The van der Waals surface area contributed by atoms with Crippen molar-refractivity contribution in [3.63, 3.8) is 0 Å². The predicted octanol–water partition coefficient (Wildman–Crippen LogP) is 4.20. The van der Waals surface area contributed by atoms with Gasteiger partial charge in [0.05, 0.1) is 11.6 Å². The summed E-state index contributed by atoms with van der Waals surface area (Å²) in [4.78, 5) is 16.7. The van der Waals surface area contributed by atoms with E-state index in [4.69, 9.17) is 4.74 Å². The van der Waals surface area contributed by atoms with Crippen molar-refractivity contribution in [2.75, 3.05) is 5.75 Å². The zero-order valence-corrected chi connectivity index (χ0v) is 16.5. The number of benzene rings is 1. The van der Waals surface area contributed by atoms with Crippen LogP contribution in [0.4, 0.5) is 9.18 Å². The molecule has 0 saturated carbocycles. The second-order valence-corrected chi connectivity index (χ2v) is 8.50. The lowest BCUT2D eigenvalue weighted by Crippen LogP contribution is -2.41. The maximum atomic E-state index is 14.5. The summed E-state index contributed by atoms with van der Waals surface area (Å²) in [6.07, 6.45) is 0.223. The van der Waals surface area contributed by atoms with Crippen LogP contribution in [0.1, 0.15) is 52.5 Å². The van der Waals surface area contributed by atoms with Gasteiger partial charge in [0.25, 0.3) is 0 Å². The first kappa shape index (κ1) is 20.7. The normalized spacial score (nSPS) is 21.7. The molecule has 1 aromatic carbocycles. The average molecular weight is 383 g/mol. The van der Waals surface area contributed by atoms with E-state index < -0.39 is 23.3 Å². The summed E-state index contributed by atoms with van der Waals surface area (Å²) in [5, 5.41) is 13.3. The highest BCUT2D eigenvalue weighted by molar-refractivity contribution is 8.13. The zero-order valence-electron chi connectivity index (χ0n) is 15.7. The van der Waals surface area contributed by atoms with E-state index in [-0.39, 0.29) is 5.82 Å². The number of nitrogens with one attached hydrogen (secondary N) is 1. The van der Waals surface area contributed by atoms with Crippen LogP contribution in [0.15, 0.2) is 29.3 Å². The van der Waals surface area contributed by atoms with Crippen molar-refractivity contribution >= 4 is 23.0 Å². The summed E-state index contributed by atoms with van der Waals surface area (Å²) >= 11 is 1.39. The van der Waals surface area contributed by atoms with E-state index in [2.05, 4.69) is 10.3 Å². The fourth-order valence-corrected chi connectivity index (χ4v) is 3.91. The third kappa shape index (κ3) is 5.45. The number of alkyl carbamates (subject to hydrolysis) is 1. The van der Waals surface area contributed by atoms with Crippen LogP contribution in [0, 0.1) is 5.82 Å². The highest BCUT2D eigenvalue weighted by Crippen LogP contribution is 2.41. The van der Waals surface area contributed by atoms with E-state index in [1.807, 2.05) is 6.92 Å². The van der Waals surface area contributed by atoms with Crippen LogP contribution in [-0.4, -0.2) is 33.8 Å². The standard InChI is InChI=1S/C19H27FN2O3S/c1-5-13(23)12-19(14-8-6-7-9-15(14)20)10-11-26-16(22-19)21-17(24)25-18(2,3)4/h6-9,13,23H,5,10-12H2,1-4H3,(H,21,22,24)/t13-,19+/m0/s1. The van der Waals surface area contributed by atoms with Crippen LogP contribution in [0.3, 0.4) is 0 Å². The van der Waals surface area contributed by atoms with Crippen molar-refractivity contribution in [3.05, 3.63) is 35.6 Å². The van der Waals surface area contributed by atoms with Crippen molar-refractivity contribution in [1.29, 1.82) is 0 Å². The van der Waals surface area contributed by atoms with Crippen LogP contribution in [0.5, 0.6) is 0 Å². The molecule has 0 saturated heterocycles. The monoisotopic (exact) mass is 382 g/mol. The van der Waals surface area contributed by atoms with Crippen molar-refractivity contribution < 1.29 is 19.0 Å². The van der Waals surface area contributed by atoms with Gasteiger partial charge in [0.2, 0.25) is 0 Å². The van der Waals surface area contributed by atoms with Crippen molar-refractivity contribution in [3.8, 4) is 0 Å². The molecule has 0 aliphatic carbocycles. The summed E-state index contributed by atoms with van der Waals surface area (Å²) in [5.41, 5.74) is -1.09. The number of thioether (sulfide) groups is 1. The van der Waals surface area contributed by atoms with Gasteiger partial charge in [-0.25, -0.2) is 9.18 Å². The Bertz CT molecular complexity index is 675. The Morgan fingerprint density at radius 1 is 1.46 bits per heavy atom. The molecule has 0 fully saturated rings. The molecule has 144 valence electrons. The summed E-state index contributed by atoms with van der Waals surface area (Å²) in [6.45, 7) is 7.22. The number of amidine groups is 1. The average Bonchev–Trinajstić information content (AvgIpc) is 2.53. The predicted molar refractivity (Wildman–Crippen MR) is 103 cm³/mol. The minimum Gasteiger partial charge on any atom is -0.444 e. The minimum absolute atomic E-state index is 0.296. The maximum absolute atomic E-state index is 14.5. The van der Waals surface area contributed by atoms with E-state index in [9.17, 15) is 14.3 Å². The summed E-state index contributed by atoms with van der Waals surface area (Å²) in [6, 6.07) is 6.48. The lowest BCUT2D eigenvalue weighted by molar-refractivity contribution is 0.0564. The third-order valence-corrected chi connectivity index (χ3v) is 4.97. The zero-order chi connectivity index (χ0) is 19.4. The van der Waals surface area contributed by atoms with Gasteiger partial charge in [-0.05, 0) is 39.7 Å². The van der Waals surface area contributed by atoms with Gasteiger partial charge in [-0.15, -0.1) is 0 Å². The number of aliphatic imine (C=N–C) groups is 1. The Hall–Kier alpha value is -1.60. The van der Waals surface area contributed by atoms with E-state index >= 15 is 0 Å². The maximum Gasteiger partial charge on any atom is 0.413 e. The van der Waals surface area contributed by atoms with Crippen LogP contribution >= 0.6 is 11.8 Å². The number of aliphatic hydroxyl groups excluding tert-OH is 1. The largest absolute Gasteiger partial charge is 0.444 e. The fraction of sp³-hybridized carbons (Fsp3) is 0.579. The quantitative estimate of drug-likeness (QED) is 0.819. The van der Waals surface area contributed by atoms with Gasteiger partial charge in [0, 0.05) is 17.7 Å². The molecule has 7 heteroatoms. The molecular weight excluding hydrogens is 355 g/mol. The highest BCUT2D eigenvalue weighted by Gasteiger charge is 2.39. The number of aliphatic hydroxyl groups is 1. The summed E-state index contributed by atoms with van der Waals surface area (Å²) in [5.74, 6) is 0.294. The number of rotatable bonds is 4. The number of halogens is 1. The van der Waals surface area contributed by atoms with Crippen molar-refractivity contribution in [2.24, 2.45) is 4.99 Å². The van der Waals surface area contributed by atoms with Gasteiger partial charge >= 0.3 is 6.09 Å². The molecule has 0 spiro atoms. The molecule has 5 nitrogen and oxygen atoms in total. The van der Waals surface area contributed by atoms with Crippen LogP contribution < -0.4 is 5.32 Å². The Labute approximate surface area is 158 Å². The lowest BCUT2D eigenvalue weighted by Gasteiger charge is -2.36. The van der Waals surface area contributed by atoms with Crippen molar-refractivity contribution in [2.45, 2.75) is 64.2 Å². The van der Waals surface area contributed by atoms with E-state index in [1.54, 1.807) is 39.0 Å². The SMILES string of the molecule is CC[C@H](O)C[C@@]1(c2ccccc2F)CCSC(NC(=O)OC(C)(C)C)=N1. The number of carbonyl (C=O) groups is 1. The molecule has 2 N–H and O–H groups in total. The molecule has 1 aliphatic rings. The smallest absolute Gasteiger partial charge is 0.413 e. The molecule has 2 atom stereocenters. The second-order valence-electron chi connectivity index (χ2n) is 7.42. The summed E-state index contributed by atoms with van der Waals surface area (Å²) < 4.78 is 19.8. The fourth-order valence-electron chi connectivity index (χ4n) is 2.88. The molecular formula is C19H27FN2O3S. The van der Waals surface area contributed by atoms with Crippen LogP contribution in [0.2, 0.25) is 0 Å². The van der Waals surface area contributed by atoms with Crippen LogP contribution in [-0.2, 0) is 10.3 Å². The van der Waals surface area contributed by atoms with E-state index in [0.717, 1.165) is 0 Å². The molecule has 0 radical (unpaired) electrons. The molecule has 0 unspecified atom stereocenters. The first-order chi connectivity index (χ1) is 12.1. The second kappa shape index (κ2) is 8.39. The highest BCUT2D eigenvalue weighted by atomic mass is 32.2. The molecule has 1 aromatic rings.